The molecule has 2 nitrogen and oxygen atoms in total. The third-order valence-electron chi connectivity index (χ3n) is 2.70. The Morgan fingerprint density at radius 3 is 3.20 bits per heavy atom. The molecule has 0 aromatic carbocycles. The SMILES string of the molecule is c1ccc(CCNC2CCCSC2)nc1. The molecule has 0 amide bonds. The van der Waals surface area contributed by atoms with Crippen molar-refractivity contribution in [1.82, 2.24) is 10.3 Å². The highest BCUT2D eigenvalue weighted by molar-refractivity contribution is 7.99. The first-order valence-corrected chi connectivity index (χ1v) is 6.81. The fourth-order valence-electron chi connectivity index (χ4n) is 1.85. The second-order valence-corrected chi connectivity index (χ2v) is 5.09. The zero-order valence-electron chi connectivity index (χ0n) is 8.98. The molecule has 1 aromatic rings. The molecule has 1 N–H and O–H groups in total. The Balaban J connectivity index is 1.66. The third kappa shape index (κ3) is 3.84. The van der Waals surface area contributed by atoms with Crippen LogP contribution in [0.5, 0.6) is 0 Å². The highest BCUT2D eigenvalue weighted by Crippen LogP contribution is 2.16. The summed E-state index contributed by atoms with van der Waals surface area (Å²) in [5.74, 6) is 2.63. The van der Waals surface area contributed by atoms with Gasteiger partial charge in [-0.2, -0.15) is 11.8 Å². The number of pyridine rings is 1. The topological polar surface area (TPSA) is 24.9 Å². The van der Waals surface area contributed by atoms with Gasteiger partial charge in [-0.3, -0.25) is 4.98 Å². The Kier molecular flexibility index (Phi) is 4.48. The van der Waals surface area contributed by atoms with E-state index in [1.54, 1.807) is 0 Å². The van der Waals surface area contributed by atoms with E-state index in [0.717, 1.165) is 19.0 Å². The Bertz CT molecular complexity index is 270. The van der Waals surface area contributed by atoms with E-state index >= 15 is 0 Å². The number of aromatic nitrogens is 1. The van der Waals surface area contributed by atoms with Crippen LogP contribution in [0.15, 0.2) is 24.4 Å². The molecular formula is C12H18N2S. The van der Waals surface area contributed by atoms with Gasteiger partial charge in [-0.05, 0) is 30.7 Å². The molecule has 3 heteroatoms. The van der Waals surface area contributed by atoms with Gasteiger partial charge < -0.3 is 5.32 Å². The molecule has 2 heterocycles. The number of hydrogen-bond acceptors (Lipinski definition) is 3. The largest absolute Gasteiger partial charge is 0.313 e. The standard InChI is InChI=1S/C12H18N2S/c1-2-7-13-11(4-1)6-8-14-12-5-3-9-15-10-12/h1-2,4,7,12,14H,3,5-6,8-10H2. The van der Waals surface area contributed by atoms with Gasteiger partial charge in [0, 0.05) is 36.7 Å². The number of rotatable bonds is 4. The molecule has 0 radical (unpaired) electrons. The molecule has 1 aromatic heterocycles. The van der Waals surface area contributed by atoms with Crippen LogP contribution in [-0.2, 0) is 6.42 Å². The molecule has 0 bridgehead atoms. The lowest BCUT2D eigenvalue weighted by molar-refractivity contribution is 0.509. The minimum Gasteiger partial charge on any atom is -0.313 e. The van der Waals surface area contributed by atoms with E-state index in [1.807, 2.05) is 12.3 Å². The van der Waals surface area contributed by atoms with Crippen molar-refractivity contribution < 1.29 is 0 Å². The van der Waals surface area contributed by atoms with Crippen molar-refractivity contribution >= 4 is 11.8 Å². The molecule has 1 atom stereocenters. The number of nitrogens with one attached hydrogen (secondary N) is 1. The quantitative estimate of drug-likeness (QED) is 0.844. The summed E-state index contributed by atoms with van der Waals surface area (Å²) in [6, 6.07) is 6.85. The van der Waals surface area contributed by atoms with Crippen molar-refractivity contribution in [2.75, 3.05) is 18.1 Å². The first-order chi connectivity index (χ1) is 7.45. The number of nitrogens with zero attached hydrogens (tertiary/aromatic N) is 1. The van der Waals surface area contributed by atoms with Gasteiger partial charge in [-0.25, -0.2) is 0 Å². The number of hydrogen-bond donors (Lipinski definition) is 1. The third-order valence-corrected chi connectivity index (χ3v) is 3.92. The molecule has 0 spiro atoms. The Labute approximate surface area is 95.9 Å². The molecule has 1 fully saturated rings. The minimum absolute atomic E-state index is 0.729. The van der Waals surface area contributed by atoms with Gasteiger partial charge in [0.2, 0.25) is 0 Å². The van der Waals surface area contributed by atoms with Crippen molar-refractivity contribution in [3.05, 3.63) is 30.1 Å². The zero-order valence-corrected chi connectivity index (χ0v) is 9.80. The van der Waals surface area contributed by atoms with Gasteiger partial charge in [-0.1, -0.05) is 6.07 Å². The van der Waals surface area contributed by atoms with Gasteiger partial charge in [0.05, 0.1) is 0 Å². The average molecular weight is 222 g/mol. The van der Waals surface area contributed by atoms with Crippen molar-refractivity contribution in [1.29, 1.82) is 0 Å². The molecule has 1 unspecified atom stereocenters. The molecule has 0 saturated carbocycles. The van der Waals surface area contributed by atoms with Crippen LogP contribution in [0.2, 0.25) is 0 Å². The van der Waals surface area contributed by atoms with Crippen LogP contribution in [0.25, 0.3) is 0 Å². The van der Waals surface area contributed by atoms with E-state index in [2.05, 4.69) is 34.2 Å². The van der Waals surface area contributed by atoms with Crippen molar-refractivity contribution in [2.24, 2.45) is 0 Å². The summed E-state index contributed by atoms with van der Waals surface area (Å²) in [5.41, 5.74) is 1.19. The van der Waals surface area contributed by atoms with Crippen LogP contribution in [-0.4, -0.2) is 29.1 Å². The Hall–Kier alpha value is -0.540. The summed E-state index contributed by atoms with van der Waals surface area (Å²) < 4.78 is 0. The van der Waals surface area contributed by atoms with E-state index in [9.17, 15) is 0 Å². The van der Waals surface area contributed by atoms with Crippen molar-refractivity contribution in [2.45, 2.75) is 25.3 Å². The normalized spacial score (nSPS) is 21.5. The van der Waals surface area contributed by atoms with Crippen molar-refractivity contribution in [3.63, 3.8) is 0 Å². The highest BCUT2D eigenvalue weighted by atomic mass is 32.2. The van der Waals surface area contributed by atoms with Crippen LogP contribution in [0, 0.1) is 0 Å². The number of thioether (sulfide) groups is 1. The maximum Gasteiger partial charge on any atom is 0.0416 e. The molecule has 0 aliphatic carbocycles. The molecule has 1 aliphatic heterocycles. The first-order valence-electron chi connectivity index (χ1n) is 5.66. The maximum absolute atomic E-state index is 4.32. The Morgan fingerprint density at radius 1 is 1.47 bits per heavy atom. The molecule has 15 heavy (non-hydrogen) atoms. The van der Waals surface area contributed by atoms with E-state index in [4.69, 9.17) is 0 Å². The van der Waals surface area contributed by atoms with E-state index in [0.29, 0.717) is 0 Å². The second kappa shape index (κ2) is 6.13. The molecular weight excluding hydrogens is 204 g/mol. The highest BCUT2D eigenvalue weighted by Gasteiger charge is 2.12. The summed E-state index contributed by atoms with van der Waals surface area (Å²) >= 11 is 2.07. The summed E-state index contributed by atoms with van der Waals surface area (Å²) in [7, 11) is 0. The summed E-state index contributed by atoms with van der Waals surface area (Å²) in [6.45, 7) is 1.06. The van der Waals surface area contributed by atoms with Gasteiger partial charge in [0.15, 0.2) is 0 Å². The van der Waals surface area contributed by atoms with Gasteiger partial charge in [0.25, 0.3) is 0 Å². The van der Waals surface area contributed by atoms with E-state index in [-0.39, 0.29) is 0 Å². The predicted octanol–water partition coefficient (Wildman–Crippen LogP) is 2.11. The fraction of sp³-hybridized carbons (Fsp3) is 0.583. The first kappa shape index (κ1) is 11.0. The van der Waals surface area contributed by atoms with Crippen LogP contribution < -0.4 is 5.32 Å². The molecule has 1 saturated heterocycles. The lowest BCUT2D eigenvalue weighted by atomic mass is 10.2. The molecule has 1 aliphatic rings. The predicted molar refractivity (Wildman–Crippen MR) is 66.3 cm³/mol. The average Bonchev–Trinajstić information content (AvgIpc) is 2.32. The van der Waals surface area contributed by atoms with Crippen LogP contribution in [0.3, 0.4) is 0 Å². The van der Waals surface area contributed by atoms with E-state index < -0.39 is 0 Å². The molecule has 2 rings (SSSR count). The van der Waals surface area contributed by atoms with Crippen LogP contribution in [0.1, 0.15) is 18.5 Å². The lowest BCUT2D eigenvalue weighted by Gasteiger charge is -2.22. The lowest BCUT2D eigenvalue weighted by Crippen LogP contribution is -2.35. The van der Waals surface area contributed by atoms with Crippen LogP contribution >= 0.6 is 11.8 Å². The smallest absolute Gasteiger partial charge is 0.0416 e. The summed E-state index contributed by atoms with van der Waals surface area (Å²) in [6.07, 6.45) is 5.62. The molecule has 82 valence electrons. The monoisotopic (exact) mass is 222 g/mol. The summed E-state index contributed by atoms with van der Waals surface area (Å²) in [5, 5.41) is 3.61. The fourth-order valence-corrected chi connectivity index (χ4v) is 2.96. The van der Waals surface area contributed by atoms with E-state index in [1.165, 1.54) is 30.0 Å². The van der Waals surface area contributed by atoms with Gasteiger partial charge in [-0.15, -0.1) is 0 Å². The van der Waals surface area contributed by atoms with Gasteiger partial charge >= 0.3 is 0 Å². The Morgan fingerprint density at radius 2 is 2.47 bits per heavy atom. The minimum atomic E-state index is 0.729. The van der Waals surface area contributed by atoms with Crippen LogP contribution in [0.4, 0.5) is 0 Å². The van der Waals surface area contributed by atoms with Crippen molar-refractivity contribution in [3.8, 4) is 0 Å². The second-order valence-electron chi connectivity index (χ2n) is 3.94. The van der Waals surface area contributed by atoms with Gasteiger partial charge in [0.1, 0.15) is 0 Å². The maximum atomic E-state index is 4.32. The summed E-state index contributed by atoms with van der Waals surface area (Å²) in [4.78, 5) is 4.32. The zero-order chi connectivity index (χ0) is 10.3.